The van der Waals surface area contributed by atoms with Crippen LogP contribution in [0, 0.1) is 0 Å². The number of phenols is 1. The molecular weight excluding hydrogens is 422 g/mol. The van der Waals surface area contributed by atoms with Crippen LogP contribution < -0.4 is 9.64 Å². The number of hydrogen-bond donors (Lipinski definition) is 1. The number of ether oxygens (including phenoxy) is 1. The van der Waals surface area contributed by atoms with Crippen molar-refractivity contribution in [2.45, 2.75) is 18.9 Å². The van der Waals surface area contributed by atoms with E-state index in [4.69, 9.17) is 16.3 Å². The predicted octanol–water partition coefficient (Wildman–Crippen LogP) is 6.28. The Morgan fingerprint density at radius 1 is 1.03 bits per heavy atom. The van der Waals surface area contributed by atoms with Crippen molar-refractivity contribution in [3.63, 3.8) is 0 Å². The fourth-order valence-corrected chi connectivity index (χ4v) is 4.77. The summed E-state index contributed by atoms with van der Waals surface area (Å²) in [6.45, 7) is 0.412. The van der Waals surface area contributed by atoms with Gasteiger partial charge < -0.3 is 14.7 Å². The zero-order valence-corrected chi connectivity index (χ0v) is 18.3. The van der Waals surface area contributed by atoms with E-state index in [1.807, 2.05) is 59.5 Å². The lowest BCUT2D eigenvalue weighted by Crippen LogP contribution is -2.36. The maximum absolute atomic E-state index is 13.4. The van der Waals surface area contributed by atoms with Crippen LogP contribution in [-0.2, 0) is 11.3 Å². The Morgan fingerprint density at radius 2 is 1.81 bits per heavy atom. The molecule has 1 N–H and O–H groups in total. The van der Waals surface area contributed by atoms with Crippen LogP contribution in [0.3, 0.4) is 0 Å². The molecule has 5 heteroatoms. The van der Waals surface area contributed by atoms with Gasteiger partial charge in [0, 0.05) is 23.0 Å². The molecule has 0 bridgehead atoms. The Balaban J connectivity index is 1.69. The Labute approximate surface area is 191 Å². The van der Waals surface area contributed by atoms with Crippen molar-refractivity contribution in [2.75, 3.05) is 12.0 Å². The number of hydrogen-bond acceptors (Lipinski definition) is 3. The molecule has 1 aliphatic heterocycles. The van der Waals surface area contributed by atoms with Crippen LogP contribution in [-0.4, -0.2) is 18.1 Å². The Kier molecular flexibility index (Phi) is 5.24. The summed E-state index contributed by atoms with van der Waals surface area (Å²) in [5, 5.41) is 12.9. The molecule has 0 radical (unpaired) electrons. The monoisotopic (exact) mass is 443 g/mol. The van der Waals surface area contributed by atoms with Crippen LogP contribution in [0.4, 0.5) is 5.69 Å². The first-order chi connectivity index (χ1) is 15.6. The van der Waals surface area contributed by atoms with Crippen LogP contribution in [0.1, 0.15) is 29.0 Å². The molecule has 0 aromatic heterocycles. The number of benzene rings is 4. The van der Waals surface area contributed by atoms with E-state index >= 15 is 0 Å². The number of amides is 1. The van der Waals surface area contributed by atoms with E-state index < -0.39 is 0 Å². The number of halogens is 1. The molecule has 1 unspecified atom stereocenters. The van der Waals surface area contributed by atoms with Gasteiger partial charge >= 0.3 is 0 Å². The summed E-state index contributed by atoms with van der Waals surface area (Å²) in [5.41, 5.74) is 3.83. The lowest BCUT2D eigenvalue weighted by Gasteiger charge is -2.35. The fourth-order valence-electron chi connectivity index (χ4n) is 4.57. The first kappa shape index (κ1) is 20.4. The van der Waals surface area contributed by atoms with Crippen LogP contribution in [0.2, 0.25) is 5.02 Å². The van der Waals surface area contributed by atoms with Crippen LogP contribution in [0.5, 0.6) is 11.5 Å². The first-order valence-corrected chi connectivity index (χ1v) is 10.9. The smallest absolute Gasteiger partial charge is 0.228 e. The van der Waals surface area contributed by atoms with E-state index in [9.17, 15) is 9.90 Å². The van der Waals surface area contributed by atoms with Crippen molar-refractivity contribution >= 4 is 34.0 Å². The number of anilines is 1. The van der Waals surface area contributed by atoms with E-state index in [1.165, 1.54) is 7.11 Å². The van der Waals surface area contributed by atoms with E-state index in [-0.39, 0.29) is 17.6 Å². The molecule has 0 aliphatic carbocycles. The van der Waals surface area contributed by atoms with E-state index in [0.717, 1.165) is 33.2 Å². The second-order valence-corrected chi connectivity index (χ2v) is 8.39. The predicted molar refractivity (Wildman–Crippen MR) is 128 cm³/mol. The van der Waals surface area contributed by atoms with Gasteiger partial charge in [-0.3, -0.25) is 4.79 Å². The topological polar surface area (TPSA) is 49.8 Å². The number of phenolic OH excluding ortho intramolecular Hbond substituents is 1. The molecule has 0 saturated carbocycles. The van der Waals surface area contributed by atoms with Gasteiger partial charge in [0.05, 0.1) is 13.7 Å². The van der Waals surface area contributed by atoms with Crippen LogP contribution in [0.15, 0.2) is 78.9 Å². The molecule has 5 rings (SSSR count). The highest BCUT2D eigenvalue weighted by atomic mass is 35.5. The number of nitrogens with zero attached hydrogens (tertiary/aromatic N) is 1. The number of carbonyl (C=O) groups excluding carboxylic acids is 1. The number of fused-ring (bicyclic) bond motifs is 3. The minimum Gasteiger partial charge on any atom is -0.504 e. The zero-order chi connectivity index (χ0) is 22.2. The summed E-state index contributed by atoms with van der Waals surface area (Å²) in [4.78, 5) is 15.2. The van der Waals surface area contributed by atoms with E-state index in [2.05, 4.69) is 18.2 Å². The maximum atomic E-state index is 13.4. The number of methoxy groups -OCH3 is 1. The van der Waals surface area contributed by atoms with Crippen molar-refractivity contribution in [3.05, 3.63) is 101 Å². The molecule has 1 heterocycles. The zero-order valence-electron chi connectivity index (χ0n) is 17.6. The first-order valence-electron chi connectivity index (χ1n) is 10.5. The minimum absolute atomic E-state index is 0.0322. The van der Waals surface area contributed by atoms with Gasteiger partial charge in [-0.2, -0.15) is 0 Å². The molecule has 4 aromatic rings. The summed E-state index contributed by atoms with van der Waals surface area (Å²) in [7, 11) is 1.53. The lowest BCUT2D eigenvalue weighted by atomic mass is 9.81. The highest BCUT2D eigenvalue weighted by Gasteiger charge is 2.34. The SMILES string of the molecule is COc1cc(C2CC(=O)N(Cc3ccccc3Cl)c3ccc4ccccc4c32)ccc1O. The quantitative estimate of drug-likeness (QED) is 0.404. The standard InChI is InChI=1S/C27H22ClNO3/c1-32-25-14-18(11-13-24(25)30)21-15-26(31)29(16-19-7-3-5-9-22(19)28)23-12-10-17-6-2-4-8-20(17)27(21)23/h2-14,21,30H,15-16H2,1H3. The molecule has 0 saturated heterocycles. The van der Waals surface area contributed by atoms with Gasteiger partial charge in [-0.25, -0.2) is 0 Å². The highest BCUT2D eigenvalue weighted by molar-refractivity contribution is 6.31. The summed E-state index contributed by atoms with van der Waals surface area (Å²) >= 11 is 6.41. The van der Waals surface area contributed by atoms with Gasteiger partial charge in [0.2, 0.25) is 5.91 Å². The second-order valence-electron chi connectivity index (χ2n) is 7.98. The van der Waals surface area contributed by atoms with Crippen molar-refractivity contribution in [1.82, 2.24) is 0 Å². The lowest BCUT2D eigenvalue weighted by molar-refractivity contribution is -0.119. The van der Waals surface area contributed by atoms with Gasteiger partial charge in [0.1, 0.15) is 0 Å². The highest BCUT2D eigenvalue weighted by Crippen LogP contribution is 2.46. The van der Waals surface area contributed by atoms with Crippen LogP contribution >= 0.6 is 11.6 Å². The largest absolute Gasteiger partial charge is 0.504 e. The van der Waals surface area contributed by atoms with E-state index in [1.54, 1.807) is 6.07 Å². The molecule has 1 amide bonds. The van der Waals surface area contributed by atoms with Crippen molar-refractivity contribution in [3.8, 4) is 11.5 Å². The number of rotatable bonds is 4. The molecular formula is C27H22ClNO3. The third-order valence-corrected chi connectivity index (χ3v) is 6.53. The van der Waals surface area contributed by atoms with Crippen molar-refractivity contribution in [1.29, 1.82) is 0 Å². The average Bonchev–Trinajstić information content (AvgIpc) is 2.82. The molecule has 4 nitrogen and oxygen atoms in total. The normalized spacial score (nSPS) is 15.6. The molecule has 32 heavy (non-hydrogen) atoms. The summed E-state index contributed by atoms with van der Waals surface area (Å²) in [6.07, 6.45) is 0.319. The molecule has 1 atom stereocenters. The molecule has 0 spiro atoms. The van der Waals surface area contributed by atoms with Crippen LogP contribution in [0.25, 0.3) is 10.8 Å². The maximum Gasteiger partial charge on any atom is 0.228 e. The number of carbonyl (C=O) groups is 1. The van der Waals surface area contributed by atoms with E-state index in [0.29, 0.717) is 23.7 Å². The Morgan fingerprint density at radius 3 is 2.62 bits per heavy atom. The minimum atomic E-state index is -0.152. The third kappa shape index (κ3) is 3.47. The van der Waals surface area contributed by atoms with Gasteiger partial charge in [0.15, 0.2) is 11.5 Å². The van der Waals surface area contributed by atoms with Crippen molar-refractivity contribution < 1.29 is 14.6 Å². The fraction of sp³-hybridized carbons (Fsp3) is 0.148. The third-order valence-electron chi connectivity index (χ3n) is 6.16. The van der Waals surface area contributed by atoms with Gasteiger partial charge in [-0.15, -0.1) is 0 Å². The molecule has 160 valence electrons. The summed E-state index contributed by atoms with van der Waals surface area (Å²) in [5.74, 6) is 0.359. The van der Waals surface area contributed by atoms with Gasteiger partial charge in [-0.05, 0) is 51.7 Å². The Hall–Kier alpha value is -3.50. The molecule has 1 aliphatic rings. The second kappa shape index (κ2) is 8.21. The van der Waals surface area contributed by atoms with Gasteiger partial charge in [-0.1, -0.05) is 66.2 Å². The van der Waals surface area contributed by atoms with Gasteiger partial charge in [0.25, 0.3) is 0 Å². The summed E-state index contributed by atoms with van der Waals surface area (Å²) in [6, 6.07) is 25.2. The average molecular weight is 444 g/mol. The Bertz CT molecular complexity index is 1330. The van der Waals surface area contributed by atoms with Crippen molar-refractivity contribution in [2.24, 2.45) is 0 Å². The summed E-state index contributed by atoms with van der Waals surface area (Å²) < 4.78 is 5.33. The molecule has 4 aromatic carbocycles. The molecule has 0 fully saturated rings. The number of aromatic hydroxyl groups is 1.